The second-order valence-electron chi connectivity index (χ2n) is 3.92. The fraction of sp³-hybridized carbons (Fsp3) is 0. The molecule has 0 atom stereocenters. The van der Waals surface area contributed by atoms with Crippen molar-refractivity contribution < 1.29 is 4.63 Å². The van der Waals surface area contributed by atoms with Gasteiger partial charge in [0.2, 0.25) is 16.9 Å². The van der Waals surface area contributed by atoms with Gasteiger partial charge in [-0.25, -0.2) is 9.61 Å². The van der Waals surface area contributed by atoms with Crippen LogP contribution in [0.4, 0.5) is 11.5 Å². The first-order chi connectivity index (χ1) is 9.81. The van der Waals surface area contributed by atoms with E-state index in [1.165, 1.54) is 4.52 Å². The standard InChI is InChI=1S/C10H5IN8O/c11-5-1-3-6(4-2-5)12-7-9-14-17-18-19(9)10-8(13-7)15-20-16-10/h1-4H,(H,12,13,15). The normalized spacial score (nSPS) is 11.2. The van der Waals surface area contributed by atoms with Crippen LogP contribution in [0.3, 0.4) is 0 Å². The second kappa shape index (κ2) is 4.33. The minimum absolute atomic E-state index is 0.331. The van der Waals surface area contributed by atoms with Gasteiger partial charge in [0.15, 0.2) is 5.82 Å². The molecule has 0 radical (unpaired) electrons. The fourth-order valence-corrected chi connectivity index (χ4v) is 2.13. The van der Waals surface area contributed by atoms with Gasteiger partial charge in [-0.05, 0) is 67.6 Å². The van der Waals surface area contributed by atoms with E-state index in [4.69, 9.17) is 0 Å². The lowest BCUT2D eigenvalue weighted by Gasteiger charge is -2.05. The summed E-state index contributed by atoms with van der Waals surface area (Å²) in [5.74, 6) is 0.486. The molecule has 3 heterocycles. The van der Waals surface area contributed by atoms with Crippen LogP contribution < -0.4 is 5.32 Å². The monoisotopic (exact) mass is 380 g/mol. The molecule has 4 rings (SSSR count). The highest BCUT2D eigenvalue weighted by atomic mass is 127. The Morgan fingerprint density at radius 2 is 1.95 bits per heavy atom. The summed E-state index contributed by atoms with van der Waals surface area (Å²) in [6, 6.07) is 7.85. The van der Waals surface area contributed by atoms with Crippen LogP contribution in [0.15, 0.2) is 28.9 Å². The maximum absolute atomic E-state index is 4.66. The van der Waals surface area contributed by atoms with Crippen molar-refractivity contribution in [1.29, 1.82) is 0 Å². The topological polar surface area (TPSA) is 107 Å². The molecule has 0 aliphatic heterocycles. The van der Waals surface area contributed by atoms with Crippen molar-refractivity contribution in [1.82, 2.24) is 35.3 Å². The van der Waals surface area contributed by atoms with Gasteiger partial charge in [0, 0.05) is 9.26 Å². The lowest BCUT2D eigenvalue weighted by Crippen LogP contribution is -2.00. The molecule has 20 heavy (non-hydrogen) atoms. The van der Waals surface area contributed by atoms with Crippen LogP contribution in [-0.4, -0.2) is 35.3 Å². The zero-order chi connectivity index (χ0) is 13.5. The van der Waals surface area contributed by atoms with Crippen molar-refractivity contribution in [3.8, 4) is 0 Å². The number of nitrogens with one attached hydrogen (secondary N) is 1. The number of tetrazole rings is 1. The van der Waals surface area contributed by atoms with Crippen molar-refractivity contribution in [3.63, 3.8) is 0 Å². The highest BCUT2D eigenvalue weighted by Crippen LogP contribution is 2.21. The van der Waals surface area contributed by atoms with Gasteiger partial charge in [-0.15, -0.1) is 5.10 Å². The first-order valence-electron chi connectivity index (χ1n) is 5.54. The molecule has 0 spiro atoms. The zero-order valence-electron chi connectivity index (χ0n) is 9.73. The minimum Gasteiger partial charge on any atom is -0.337 e. The largest absolute Gasteiger partial charge is 0.337 e. The molecule has 3 aromatic heterocycles. The highest BCUT2D eigenvalue weighted by Gasteiger charge is 2.15. The van der Waals surface area contributed by atoms with E-state index in [0.29, 0.717) is 22.8 Å². The molecule has 98 valence electrons. The number of aromatic nitrogens is 7. The summed E-state index contributed by atoms with van der Waals surface area (Å²) in [4.78, 5) is 4.31. The smallest absolute Gasteiger partial charge is 0.248 e. The number of benzene rings is 1. The number of anilines is 2. The van der Waals surface area contributed by atoms with Crippen LogP contribution in [0.1, 0.15) is 0 Å². The van der Waals surface area contributed by atoms with Crippen molar-refractivity contribution in [2.75, 3.05) is 5.32 Å². The molecule has 0 aliphatic rings. The molecule has 1 N–H and O–H groups in total. The summed E-state index contributed by atoms with van der Waals surface area (Å²) >= 11 is 2.24. The number of halogens is 1. The van der Waals surface area contributed by atoms with Gasteiger partial charge in [0.05, 0.1) is 0 Å². The SMILES string of the molecule is Ic1ccc(Nc2nc3nonc3n3nnnc23)cc1. The average Bonchev–Trinajstić information content (AvgIpc) is 3.08. The molecule has 0 aliphatic carbocycles. The van der Waals surface area contributed by atoms with Gasteiger partial charge in [-0.3, -0.25) is 0 Å². The Hall–Kier alpha value is -2.37. The summed E-state index contributed by atoms with van der Waals surface area (Å²) in [7, 11) is 0. The van der Waals surface area contributed by atoms with E-state index >= 15 is 0 Å². The van der Waals surface area contributed by atoms with Crippen molar-refractivity contribution in [3.05, 3.63) is 27.8 Å². The average molecular weight is 380 g/mol. The molecule has 0 unspecified atom stereocenters. The first-order valence-corrected chi connectivity index (χ1v) is 6.62. The van der Waals surface area contributed by atoms with Crippen LogP contribution in [0.25, 0.3) is 16.9 Å². The van der Waals surface area contributed by atoms with Gasteiger partial charge >= 0.3 is 0 Å². The number of fused-ring (bicyclic) bond motifs is 3. The molecule has 10 heteroatoms. The maximum Gasteiger partial charge on any atom is 0.248 e. The maximum atomic E-state index is 4.66. The molecule has 0 saturated heterocycles. The molecule has 9 nitrogen and oxygen atoms in total. The van der Waals surface area contributed by atoms with Gasteiger partial charge in [-0.1, -0.05) is 0 Å². The van der Waals surface area contributed by atoms with E-state index in [9.17, 15) is 0 Å². The molecule has 4 aromatic rings. The minimum atomic E-state index is 0.331. The van der Waals surface area contributed by atoms with Crippen LogP contribution in [0.2, 0.25) is 0 Å². The van der Waals surface area contributed by atoms with Gasteiger partial charge in [-0.2, -0.15) is 4.52 Å². The molecule has 0 saturated carbocycles. The van der Waals surface area contributed by atoms with Crippen LogP contribution in [0, 0.1) is 3.57 Å². The number of hydrogen-bond acceptors (Lipinski definition) is 8. The Bertz CT molecular complexity index is 899. The number of rotatable bonds is 2. The van der Waals surface area contributed by atoms with Crippen LogP contribution in [-0.2, 0) is 0 Å². The van der Waals surface area contributed by atoms with E-state index < -0.39 is 0 Å². The Labute approximate surface area is 124 Å². The van der Waals surface area contributed by atoms with E-state index in [1.807, 2.05) is 24.3 Å². The van der Waals surface area contributed by atoms with Crippen molar-refractivity contribution in [2.45, 2.75) is 0 Å². The first kappa shape index (κ1) is 11.5. The summed E-state index contributed by atoms with van der Waals surface area (Å²) in [5.41, 5.74) is 2.03. The molecule has 0 bridgehead atoms. The zero-order valence-corrected chi connectivity index (χ0v) is 11.9. The summed E-state index contributed by atoms with van der Waals surface area (Å²) in [6.07, 6.45) is 0. The van der Waals surface area contributed by atoms with E-state index in [0.717, 1.165) is 9.26 Å². The number of nitrogens with zero attached hydrogens (tertiary/aromatic N) is 7. The third-order valence-corrected chi connectivity index (χ3v) is 3.38. The fourth-order valence-electron chi connectivity index (χ4n) is 1.77. The number of hydrogen-bond donors (Lipinski definition) is 1. The van der Waals surface area contributed by atoms with Crippen LogP contribution in [0.5, 0.6) is 0 Å². The third-order valence-electron chi connectivity index (χ3n) is 2.66. The quantitative estimate of drug-likeness (QED) is 0.520. The van der Waals surface area contributed by atoms with Gasteiger partial charge in [0.1, 0.15) is 0 Å². The summed E-state index contributed by atoms with van der Waals surface area (Å²) < 4.78 is 7.23. The summed E-state index contributed by atoms with van der Waals surface area (Å²) in [5, 5.41) is 22.0. The third kappa shape index (κ3) is 1.76. The Kier molecular flexibility index (Phi) is 2.48. The Morgan fingerprint density at radius 1 is 1.10 bits per heavy atom. The van der Waals surface area contributed by atoms with Gasteiger partial charge in [0.25, 0.3) is 0 Å². The van der Waals surface area contributed by atoms with E-state index in [1.54, 1.807) is 0 Å². The molecule has 0 amide bonds. The van der Waals surface area contributed by atoms with Gasteiger partial charge < -0.3 is 5.32 Å². The summed E-state index contributed by atoms with van der Waals surface area (Å²) in [6.45, 7) is 0. The molecular formula is C10H5IN8O. The predicted octanol–water partition coefficient (Wildman–Crippen LogP) is 1.40. The van der Waals surface area contributed by atoms with Crippen molar-refractivity contribution >= 4 is 51.0 Å². The Balaban J connectivity index is 1.88. The van der Waals surface area contributed by atoms with Crippen LogP contribution >= 0.6 is 22.6 Å². The van der Waals surface area contributed by atoms with E-state index in [-0.39, 0.29) is 0 Å². The highest BCUT2D eigenvalue weighted by molar-refractivity contribution is 14.1. The molecular weight excluding hydrogens is 375 g/mol. The molecule has 1 aromatic carbocycles. The second-order valence-corrected chi connectivity index (χ2v) is 5.16. The predicted molar refractivity (Wildman–Crippen MR) is 76.4 cm³/mol. The Morgan fingerprint density at radius 3 is 2.80 bits per heavy atom. The lowest BCUT2D eigenvalue weighted by molar-refractivity contribution is 0.313. The van der Waals surface area contributed by atoms with Crippen molar-refractivity contribution in [2.24, 2.45) is 0 Å². The lowest BCUT2D eigenvalue weighted by atomic mass is 10.3. The van der Waals surface area contributed by atoms with E-state index in [2.05, 4.69) is 63.4 Å². The molecule has 0 fully saturated rings.